The minimum absolute atomic E-state index is 0.0259. The van der Waals surface area contributed by atoms with Crippen molar-refractivity contribution < 1.29 is 8.81 Å². The molecule has 2 rings (SSSR count). The van der Waals surface area contributed by atoms with Crippen molar-refractivity contribution in [2.45, 2.75) is 45.6 Å². The van der Waals surface area contributed by atoms with Gasteiger partial charge in [-0.2, -0.15) is 0 Å². The van der Waals surface area contributed by atoms with Crippen LogP contribution >= 0.6 is 0 Å². The largest absolute Gasteiger partial charge is 0.459 e. The van der Waals surface area contributed by atoms with Gasteiger partial charge in [-0.25, -0.2) is 9.82 Å². The van der Waals surface area contributed by atoms with Crippen molar-refractivity contribution in [1.29, 1.82) is 0 Å². The molecule has 3 nitrogen and oxygen atoms in total. The van der Waals surface area contributed by atoms with Crippen LogP contribution in [0, 0.1) is 11.7 Å². The molecule has 0 saturated carbocycles. The second-order valence-electron chi connectivity index (χ2n) is 5.29. The third-order valence-corrected chi connectivity index (χ3v) is 3.91. The van der Waals surface area contributed by atoms with Crippen LogP contribution in [0.5, 0.6) is 0 Å². The first-order chi connectivity index (χ1) is 9.69. The highest BCUT2D eigenvalue weighted by atomic mass is 19.1. The monoisotopic (exact) mass is 278 g/mol. The topological polar surface area (TPSA) is 51.2 Å². The van der Waals surface area contributed by atoms with Crippen LogP contribution in [0.25, 0.3) is 11.0 Å². The second-order valence-corrected chi connectivity index (χ2v) is 5.29. The van der Waals surface area contributed by atoms with Gasteiger partial charge in [0.05, 0.1) is 6.04 Å². The molecule has 2 unspecified atom stereocenters. The predicted molar refractivity (Wildman–Crippen MR) is 79.5 cm³/mol. The van der Waals surface area contributed by atoms with E-state index >= 15 is 0 Å². The Morgan fingerprint density at radius 3 is 2.75 bits per heavy atom. The second kappa shape index (κ2) is 6.86. The van der Waals surface area contributed by atoms with Crippen molar-refractivity contribution in [2.24, 2.45) is 11.8 Å². The fourth-order valence-corrected chi connectivity index (χ4v) is 2.71. The average molecular weight is 278 g/mol. The molecule has 0 amide bonds. The zero-order chi connectivity index (χ0) is 14.5. The van der Waals surface area contributed by atoms with Crippen LogP contribution in [0.3, 0.4) is 0 Å². The molecule has 1 aromatic heterocycles. The van der Waals surface area contributed by atoms with E-state index in [1.807, 2.05) is 6.07 Å². The maximum atomic E-state index is 13.2. The number of hydrazine groups is 1. The number of hydrogen-bond donors (Lipinski definition) is 2. The summed E-state index contributed by atoms with van der Waals surface area (Å²) in [7, 11) is 0. The Bertz CT molecular complexity index is 552. The number of fused-ring (bicyclic) bond motifs is 1. The molecular formula is C16H23FN2O. The lowest BCUT2D eigenvalue weighted by Crippen LogP contribution is -2.33. The molecule has 0 aliphatic rings. The molecule has 2 aromatic rings. The van der Waals surface area contributed by atoms with Gasteiger partial charge in [0.15, 0.2) is 0 Å². The number of halogens is 1. The van der Waals surface area contributed by atoms with Crippen LogP contribution in [-0.4, -0.2) is 0 Å². The molecular weight excluding hydrogens is 255 g/mol. The first kappa shape index (κ1) is 15.0. The van der Waals surface area contributed by atoms with E-state index in [1.165, 1.54) is 25.0 Å². The summed E-state index contributed by atoms with van der Waals surface area (Å²) >= 11 is 0. The molecule has 0 saturated heterocycles. The highest BCUT2D eigenvalue weighted by molar-refractivity contribution is 5.78. The number of nitrogens with one attached hydrogen (secondary N) is 1. The van der Waals surface area contributed by atoms with Crippen LogP contribution in [0.15, 0.2) is 28.7 Å². The third kappa shape index (κ3) is 3.19. The highest BCUT2D eigenvalue weighted by Crippen LogP contribution is 2.32. The van der Waals surface area contributed by atoms with E-state index in [0.29, 0.717) is 11.5 Å². The highest BCUT2D eigenvalue weighted by Gasteiger charge is 2.23. The minimum atomic E-state index is -0.250. The minimum Gasteiger partial charge on any atom is -0.459 e. The Labute approximate surface area is 119 Å². The number of unbranched alkanes of at least 4 members (excludes halogenated alkanes) is 1. The fraction of sp³-hybridized carbons (Fsp3) is 0.500. The normalized spacial score (nSPS) is 14.6. The summed E-state index contributed by atoms with van der Waals surface area (Å²) in [5, 5.41) is 0.783. The molecule has 4 heteroatoms. The van der Waals surface area contributed by atoms with Crippen molar-refractivity contribution >= 4 is 11.0 Å². The third-order valence-electron chi connectivity index (χ3n) is 3.91. The first-order valence-electron chi connectivity index (χ1n) is 7.34. The van der Waals surface area contributed by atoms with E-state index in [2.05, 4.69) is 19.3 Å². The van der Waals surface area contributed by atoms with Gasteiger partial charge < -0.3 is 4.42 Å². The lowest BCUT2D eigenvalue weighted by atomic mass is 9.90. The molecule has 20 heavy (non-hydrogen) atoms. The Hall–Kier alpha value is -1.39. The Balaban J connectivity index is 2.27. The number of benzene rings is 1. The van der Waals surface area contributed by atoms with Crippen LogP contribution in [0.2, 0.25) is 0 Å². The molecule has 0 radical (unpaired) electrons. The molecule has 0 fully saturated rings. The number of hydrogen-bond acceptors (Lipinski definition) is 3. The van der Waals surface area contributed by atoms with Gasteiger partial charge in [0.25, 0.3) is 0 Å². The van der Waals surface area contributed by atoms with Crippen LogP contribution < -0.4 is 11.3 Å². The standard InChI is InChI=1S/C16H23FN2O/c1-3-5-6-11(4-2)16(19-18)15-10-12-9-13(17)7-8-14(12)20-15/h7-11,16,19H,3-6,18H2,1-2H3. The average Bonchev–Trinajstić information content (AvgIpc) is 2.85. The van der Waals surface area contributed by atoms with E-state index < -0.39 is 0 Å². The smallest absolute Gasteiger partial charge is 0.134 e. The van der Waals surface area contributed by atoms with E-state index in [4.69, 9.17) is 10.3 Å². The summed E-state index contributed by atoms with van der Waals surface area (Å²) in [5.41, 5.74) is 3.57. The zero-order valence-corrected chi connectivity index (χ0v) is 12.2. The molecule has 0 aliphatic heterocycles. The van der Waals surface area contributed by atoms with Gasteiger partial charge in [-0.15, -0.1) is 0 Å². The van der Waals surface area contributed by atoms with Gasteiger partial charge in [-0.1, -0.05) is 33.1 Å². The maximum absolute atomic E-state index is 13.2. The van der Waals surface area contributed by atoms with Crippen LogP contribution in [-0.2, 0) is 0 Å². The number of furan rings is 1. The Morgan fingerprint density at radius 2 is 2.10 bits per heavy atom. The summed E-state index contributed by atoms with van der Waals surface area (Å²) in [6, 6.07) is 6.42. The molecule has 0 spiro atoms. The van der Waals surface area contributed by atoms with E-state index in [0.717, 1.165) is 24.0 Å². The first-order valence-corrected chi connectivity index (χ1v) is 7.34. The lowest BCUT2D eigenvalue weighted by Gasteiger charge is -2.23. The molecule has 0 bridgehead atoms. The summed E-state index contributed by atoms with van der Waals surface area (Å²) in [6.45, 7) is 4.34. The zero-order valence-electron chi connectivity index (χ0n) is 12.2. The lowest BCUT2D eigenvalue weighted by molar-refractivity contribution is 0.290. The molecule has 2 atom stereocenters. The van der Waals surface area contributed by atoms with E-state index in [1.54, 1.807) is 6.07 Å². The van der Waals surface area contributed by atoms with E-state index in [-0.39, 0.29) is 11.9 Å². The van der Waals surface area contributed by atoms with E-state index in [9.17, 15) is 4.39 Å². The van der Waals surface area contributed by atoms with Gasteiger partial charge in [0.1, 0.15) is 17.2 Å². The van der Waals surface area contributed by atoms with Gasteiger partial charge in [-0.05, 0) is 36.6 Å². The van der Waals surface area contributed by atoms with Gasteiger partial charge in [-0.3, -0.25) is 5.84 Å². The SMILES string of the molecule is CCCCC(CC)C(NN)c1cc2cc(F)ccc2o1. The maximum Gasteiger partial charge on any atom is 0.134 e. The van der Waals surface area contributed by atoms with Crippen LogP contribution in [0.4, 0.5) is 4.39 Å². The summed E-state index contributed by atoms with van der Waals surface area (Å²) in [5.74, 6) is 6.68. The van der Waals surface area contributed by atoms with Crippen molar-refractivity contribution in [3.8, 4) is 0 Å². The summed E-state index contributed by atoms with van der Waals surface area (Å²) < 4.78 is 19.1. The van der Waals surface area contributed by atoms with Crippen LogP contribution in [0.1, 0.15) is 51.3 Å². The van der Waals surface area contributed by atoms with Gasteiger partial charge >= 0.3 is 0 Å². The molecule has 3 N–H and O–H groups in total. The fourth-order valence-electron chi connectivity index (χ4n) is 2.71. The number of rotatable bonds is 7. The van der Waals surface area contributed by atoms with Crippen molar-refractivity contribution in [3.05, 3.63) is 35.8 Å². The van der Waals surface area contributed by atoms with Crippen molar-refractivity contribution in [2.75, 3.05) is 0 Å². The quantitative estimate of drug-likeness (QED) is 0.586. The van der Waals surface area contributed by atoms with Gasteiger partial charge in [0, 0.05) is 5.39 Å². The van der Waals surface area contributed by atoms with Crippen molar-refractivity contribution in [1.82, 2.24) is 5.43 Å². The molecule has 110 valence electrons. The van der Waals surface area contributed by atoms with Crippen molar-refractivity contribution in [3.63, 3.8) is 0 Å². The Morgan fingerprint density at radius 1 is 1.30 bits per heavy atom. The molecule has 1 heterocycles. The molecule has 0 aliphatic carbocycles. The van der Waals surface area contributed by atoms with Gasteiger partial charge in [0.2, 0.25) is 0 Å². The predicted octanol–water partition coefficient (Wildman–Crippen LogP) is 4.29. The summed E-state index contributed by atoms with van der Waals surface area (Å²) in [4.78, 5) is 0. The Kier molecular flexibility index (Phi) is 5.15. The molecule has 1 aromatic carbocycles. The summed E-state index contributed by atoms with van der Waals surface area (Å²) in [6.07, 6.45) is 4.47. The number of nitrogens with two attached hydrogens (primary N) is 1.